The predicted molar refractivity (Wildman–Crippen MR) is 76.8 cm³/mol. The summed E-state index contributed by atoms with van der Waals surface area (Å²) in [6.07, 6.45) is 0. The van der Waals surface area contributed by atoms with Crippen LogP contribution in [0.1, 0.15) is 12.5 Å². The van der Waals surface area contributed by atoms with E-state index < -0.39 is 0 Å². The molecule has 4 heteroatoms. The van der Waals surface area contributed by atoms with E-state index in [1.807, 2.05) is 18.2 Å². The quantitative estimate of drug-likeness (QED) is 0.827. The molecule has 1 aromatic rings. The minimum Gasteiger partial charge on any atom is -0.384 e. The minimum absolute atomic E-state index is 0.309. The van der Waals surface area contributed by atoms with Crippen LogP contribution in [0.3, 0.4) is 0 Å². The summed E-state index contributed by atoms with van der Waals surface area (Å²) < 4.78 is 5.20. The molecule has 2 unspecified atom stereocenters. The number of benzene rings is 1. The lowest BCUT2D eigenvalue weighted by atomic mass is 10.0. The molecule has 18 heavy (non-hydrogen) atoms. The Kier molecular flexibility index (Phi) is 6.65. The molecule has 0 heterocycles. The van der Waals surface area contributed by atoms with E-state index >= 15 is 0 Å². The van der Waals surface area contributed by atoms with Gasteiger partial charge in [0.25, 0.3) is 0 Å². The van der Waals surface area contributed by atoms with E-state index in [1.54, 1.807) is 7.11 Å². The van der Waals surface area contributed by atoms with Crippen LogP contribution < -0.4 is 5.73 Å². The summed E-state index contributed by atoms with van der Waals surface area (Å²) in [6.45, 7) is 4.36. The molecule has 102 valence electrons. The van der Waals surface area contributed by atoms with Crippen molar-refractivity contribution < 1.29 is 4.74 Å². The van der Waals surface area contributed by atoms with E-state index in [4.69, 9.17) is 22.1 Å². The summed E-state index contributed by atoms with van der Waals surface area (Å²) in [5, 5.41) is 0.773. The number of likely N-dealkylation sites (N-methyl/N-ethyl adjacent to an activating group) is 1. The largest absolute Gasteiger partial charge is 0.384 e. The standard InChI is InChI=1S/C14H23ClN2O/c1-11(10-18-3)14(8-16)17(2)9-12-5-4-6-13(15)7-12/h4-7,11,14H,8-10,16H2,1-3H3. The van der Waals surface area contributed by atoms with Crippen LogP contribution in [0.4, 0.5) is 0 Å². The molecule has 0 spiro atoms. The number of hydrogen-bond acceptors (Lipinski definition) is 3. The molecule has 0 bridgehead atoms. The first-order valence-corrected chi connectivity index (χ1v) is 6.60. The molecule has 2 N–H and O–H groups in total. The number of ether oxygens (including phenoxy) is 1. The zero-order chi connectivity index (χ0) is 13.5. The van der Waals surface area contributed by atoms with Gasteiger partial charge in [-0.15, -0.1) is 0 Å². The van der Waals surface area contributed by atoms with Crippen molar-refractivity contribution in [2.75, 3.05) is 27.3 Å². The van der Waals surface area contributed by atoms with Gasteiger partial charge < -0.3 is 10.5 Å². The number of rotatable bonds is 7. The third-order valence-electron chi connectivity index (χ3n) is 3.22. The number of methoxy groups -OCH3 is 1. The second-order valence-corrected chi connectivity index (χ2v) is 5.22. The molecule has 0 fully saturated rings. The van der Waals surface area contributed by atoms with Crippen molar-refractivity contribution in [2.45, 2.75) is 19.5 Å². The Hall–Kier alpha value is -0.610. The lowest BCUT2D eigenvalue weighted by Crippen LogP contribution is -2.43. The molecular formula is C14H23ClN2O. The van der Waals surface area contributed by atoms with Crippen molar-refractivity contribution in [3.05, 3.63) is 34.9 Å². The number of nitrogens with zero attached hydrogens (tertiary/aromatic N) is 1. The Bertz CT molecular complexity index is 359. The van der Waals surface area contributed by atoms with Gasteiger partial charge in [0.15, 0.2) is 0 Å². The summed E-state index contributed by atoms with van der Waals surface area (Å²) in [7, 11) is 3.81. The van der Waals surface area contributed by atoms with Crippen molar-refractivity contribution >= 4 is 11.6 Å². The second kappa shape index (κ2) is 7.74. The maximum atomic E-state index is 5.99. The average molecular weight is 271 g/mol. The van der Waals surface area contributed by atoms with Crippen molar-refractivity contribution in [1.29, 1.82) is 0 Å². The van der Waals surface area contributed by atoms with E-state index in [0.29, 0.717) is 18.5 Å². The van der Waals surface area contributed by atoms with Crippen LogP contribution >= 0.6 is 11.6 Å². The summed E-state index contributed by atoms with van der Waals surface area (Å²) in [5.41, 5.74) is 7.07. The smallest absolute Gasteiger partial charge is 0.0503 e. The van der Waals surface area contributed by atoms with Crippen LogP contribution in [0.15, 0.2) is 24.3 Å². The van der Waals surface area contributed by atoms with Gasteiger partial charge in [0, 0.05) is 31.3 Å². The third kappa shape index (κ3) is 4.58. The Morgan fingerprint density at radius 1 is 1.44 bits per heavy atom. The van der Waals surface area contributed by atoms with Gasteiger partial charge in [-0.3, -0.25) is 4.90 Å². The van der Waals surface area contributed by atoms with Crippen LogP contribution in [0, 0.1) is 5.92 Å². The highest BCUT2D eigenvalue weighted by Crippen LogP contribution is 2.16. The molecule has 0 aromatic heterocycles. The minimum atomic E-state index is 0.309. The van der Waals surface area contributed by atoms with E-state index in [0.717, 1.165) is 18.2 Å². The van der Waals surface area contributed by atoms with Gasteiger partial charge in [-0.25, -0.2) is 0 Å². The van der Waals surface area contributed by atoms with Gasteiger partial charge in [0.2, 0.25) is 0 Å². The van der Waals surface area contributed by atoms with Crippen LogP contribution in [-0.4, -0.2) is 38.3 Å². The van der Waals surface area contributed by atoms with Crippen LogP contribution in [-0.2, 0) is 11.3 Å². The molecule has 0 amide bonds. The second-order valence-electron chi connectivity index (χ2n) is 4.78. The van der Waals surface area contributed by atoms with Gasteiger partial charge in [-0.1, -0.05) is 30.7 Å². The monoisotopic (exact) mass is 270 g/mol. The maximum Gasteiger partial charge on any atom is 0.0503 e. The number of hydrogen-bond donors (Lipinski definition) is 1. The zero-order valence-corrected chi connectivity index (χ0v) is 12.2. The van der Waals surface area contributed by atoms with Crippen molar-refractivity contribution in [3.63, 3.8) is 0 Å². The molecule has 1 rings (SSSR count). The summed E-state index contributed by atoms with van der Waals surface area (Å²) in [4.78, 5) is 2.26. The molecule has 2 atom stereocenters. The Balaban J connectivity index is 2.64. The Morgan fingerprint density at radius 2 is 2.17 bits per heavy atom. The third-order valence-corrected chi connectivity index (χ3v) is 3.45. The SMILES string of the molecule is COCC(C)C(CN)N(C)Cc1cccc(Cl)c1. The van der Waals surface area contributed by atoms with Crippen molar-refractivity contribution in [3.8, 4) is 0 Å². The molecule has 0 saturated heterocycles. The zero-order valence-electron chi connectivity index (χ0n) is 11.4. The van der Waals surface area contributed by atoms with Gasteiger partial charge in [0.05, 0.1) is 6.61 Å². The van der Waals surface area contributed by atoms with Crippen LogP contribution in [0.2, 0.25) is 5.02 Å². The van der Waals surface area contributed by atoms with Gasteiger partial charge >= 0.3 is 0 Å². The lowest BCUT2D eigenvalue weighted by Gasteiger charge is -2.31. The first-order chi connectivity index (χ1) is 8.58. The molecule has 1 aromatic carbocycles. The summed E-state index contributed by atoms with van der Waals surface area (Å²) in [5.74, 6) is 0.407. The van der Waals surface area contributed by atoms with Crippen LogP contribution in [0.25, 0.3) is 0 Å². The summed E-state index contributed by atoms with van der Waals surface area (Å²) in [6, 6.07) is 8.24. The van der Waals surface area contributed by atoms with Gasteiger partial charge in [-0.05, 0) is 30.7 Å². The molecule has 3 nitrogen and oxygen atoms in total. The topological polar surface area (TPSA) is 38.5 Å². The fourth-order valence-electron chi connectivity index (χ4n) is 2.26. The maximum absolute atomic E-state index is 5.99. The number of halogens is 1. The van der Waals surface area contributed by atoms with E-state index in [-0.39, 0.29) is 0 Å². The predicted octanol–water partition coefficient (Wildman–Crippen LogP) is 2.38. The van der Waals surface area contributed by atoms with E-state index in [9.17, 15) is 0 Å². The van der Waals surface area contributed by atoms with Crippen molar-refractivity contribution in [1.82, 2.24) is 4.90 Å². The van der Waals surface area contributed by atoms with E-state index in [2.05, 4.69) is 24.9 Å². The highest BCUT2D eigenvalue weighted by molar-refractivity contribution is 6.30. The highest BCUT2D eigenvalue weighted by Gasteiger charge is 2.20. The average Bonchev–Trinajstić information content (AvgIpc) is 2.30. The normalized spacial score (nSPS) is 14.8. The molecular weight excluding hydrogens is 248 g/mol. The van der Waals surface area contributed by atoms with Gasteiger partial charge in [-0.2, -0.15) is 0 Å². The fraction of sp³-hybridized carbons (Fsp3) is 0.571. The van der Waals surface area contributed by atoms with E-state index in [1.165, 1.54) is 5.56 Å². The molecule has 0 aliphatic rings. The molecule has 0 saturated carbocycles. The first kappa shape index (κ1) is 15.4. The molecule has 0 aliphatic carbocycles. The first-order valence-electron chi connectivity index (χ1n) is 6.22. The fourth-order valence-corrected chi connectivity index (χ4v) is 2.47. The Labute approximate surface area is 115 Å². The van der Waals surface area contributed by atoms with Crippen LogP contribution in [0.5, 0.6) is 0 Å². The lowest BCUT2D eigenvalue weighted by molar-refractivity contribution is 0.0953. The summed E-state index contributed by atoms with van der Waals surface area (Å²) >= 11 is 5.99. The Morgan fingerprint density at radius 3 is 2.72 bits per heavy atom. The molecule has 0 aliphatic heterocycles. The molecule has 0 radical (unpaired) electrons. The number of nitrogens with two attached hydrogens (primary N) is 1. The van der Waals surface area contributed by atoms with Crippen molar-refractivity contribution in [2.24, 2.45) is 11.7 Å². The van der Waals surface area contributed by atoms with Gasteiger partial charge in [0.1, 0.15) is 0 Å². The highest BCUT2D eigenvalue weighted by atomic mass is 35.5.